The van der Waals surface area contributed by atoms with E-state index in [9.17, 15) is 8.78 Å². The van der Waals surface area contributed by atoms with E-state index in [0.717, 1.165) is 31.1 Å². The van der Waals surface area contributed by atoms with Crippen LogP contribution in [-0.2, 0) is 0 Å². The summed E-state index contributed by atoms with van der Waals surface area (Å²) >= 11 is 0. The number of hydrogen-bond donors (Lipinski definition) is 2. The quantitative estimate of drug-likeness (QED) is 0.228. The molecule has 0 radical (unpaired) electrons. The molecule has 1 saturated carbocycles. The third kappa shape index (κ3) is 4.65. The number of fused-ring (bicyclic) bond motifs is 6. The van der Waals surface area contributed by atoms with Gasteiger partial charge in [-0.2, -0.15) is 9.97 Å². The minimum Gasteiger partial charge on any atom is -0.472 e. The Hall–Kier alpha value is -4.34. The van der Waals surface area contributed by atoms with E-state index in [4.69, 9.17) is 31.6 Å². The molecule has 5 aliphatic rings. The van der Waals surface area contributed by atoms with Gasteiger partial charge in [-0.1, -0.05) is 18.1 Å². The Kier molecular flexibility index (Phi) is 6.19. The molecule has 3 saturated heterocycles. The molecule has 4 aromatic rings. The van der Waals surface area contributed by atoms with Crippen molar-refractivity contribution < 1.29 is 22.6 Å². The van der Waals surface area contributed by atoms with Crippen LogP contribution in [0.5, 0.6) is 11.9 Å². The molecule has 4 fully saturated rings. The number of nitrogens with two attached hydrogens (primary N) is 1. The molecule has 4 aliphatic heterocycles. The number of terminal acetylenes is 1. The molecule has 0 amide bonds. The molecule has 242 valence electrons. The second kappa shape index (κ2) is 10.1. The van der Waals surface area contributed by atoms with Gasteiger partial charge >= 0.3 is 6.01 Å². The average Bonchev–Trinajstić information content (AvgIpc) is 3.72. The van der Waals surface area contributed by atoms with E-state index in [-0.39, 0.29) is 72.4 Å². The van der Waals surface area contributed by atoms with E-state index in [1.54, 1.807) is 23.1 Å². The van der Waals surface area contributed by atoms with Crippen molar-refractivity contribution in [2.24, 2.45) is 5.41 Å². The summed E-state index contributed by atoms with van der Waals surface area (Å²) < 4.78 is 57.0. The Morgan fingerprint density at radius 2 is 1.98 bits per heavy atom. The number of likely N-dealkylation sites (tertiary alicyclic amines) is 1. The molecule has 4 atom stereocenters. The van der Waals surface area contributed by atoms with Gasteiger partial charge in [-0.15, -0.1) is 6.42 Å². The number of rotatable bonds is 6. The molecule has 2 aromatic carbocycles. The molecule has 47 heavy (non-hydrogen) atoms. The van der Waals surface area contributed by atoms with Crippen molar-refractivity contribution in [3.8, 4) is 35.5 Å². The fourth-order valence-corrected chi connectivity index (χ4v) is 8.23. The normalized spacial score (nSPS) is 26.7. The van der Waals surface area contributed by atoms with Crippen LogP contribution in [0.1, 0.15) is 38.2 Å². The Labute approximate surface area is 269 Å². The zero-order chi connectivity index (χ0) is 32.2. The van der Waals surface area contributed by atoms with Crippen molar-refractivity contribution in [3.05, 3.63) is 41.7 Å². The molecule has 9 nitrogen and oxygen atoms in total. The van der Waals surface area contributed by atoms with Crippen LogP contribution in [-0.4, -0.2) is 82.8 Å². The van der Waals surface area contributed by atoms with Crippen LogP contribution < -0.4 is 25.4 Å². The number of aromatic nitrogens is 3. The van der Waals surface area contributed by atoms with Crippen LogP contribution >= 0.6 is 0 Å². The van der Waals surface area contributed by atoms with Gasteiger partial charge < -0.3 is 25.4 Å². The number of ether oxygens (including phenoxy) is 2. The molecule has 0 spiro atoms. The Bertz CT molecular complexity index is 2000. The van der Waals surface area contributed by atoms with Gasteiger partial charge in [0, 0.05) is 52.8 Å². The molecule has 2 bridgehead atoms. The lowest BCUT2D eigenvalue weighted by Crippen LogP contribution is -2.62. The van der Waals surface area contributed by atoms with Crippen LogP contribution in [0.4, 0.5) is 24.7 Å². The highest BCUT2D eigenvalue weighted by Crippen LogP contribution is 2.49. The largest absolute Gasteiger partial charge is 0.472 e. The van der Waals surface area contributed by atoms with E-state index in [1.807, 2.05) is 19.1 Å². The minimum atomic E-state index is -2.63. The van der Waals surface area contributed by atoms with Gasteiger partial charge in [0.05, 0.1) is 25.7 Å². The first-order valence-corrected chi connectivity index (χ1v) is 16.2. The number of hydrogen-bond acceptors (Lipinski definition) is 9. The second-order valence-corrected chi connectivity index (χ2v) is 14.1. The van der Waals surface area contributed by atoms with Gasteiger partial charge in [0.25, 0.3) is 5.92 Å². The maximum Gasteiger partial charge on any atom is 0.319 e. The fourth-order valence-electron chi connectivity index (χ4n) is 8.23. The Morgan fingerprint density at radius 1 is 1.15 bits per heavy atom. The Morgan fingerprint density at radius 3 is 2.74 bits per heavy atom. The zero-order valence-corrected chi connectivity index (χ0v) is 25.9. The maximum absolute atomic E-state index is 17.1. The predicted molar refractivity (Wildman–Crippen MR) is 172 cm³/mol. The van der Waals surface area contributed by atoms with Crippen LogP contribution in [0.25, 0.3) is 32.9 Å². The number of nitrogens with zero attached hydrogens (tertiary/aromatic N) is 5. The minimum absolute atomic E-state index is 0.0205. The van der Waals surface area contributed by atoms with E-state index in [1.165, 1.54) is 0 Å². The SMILES string of the molecule is C#Cc1cccc2cc(N)cc(-c3nc4c5c(nc(OCC6(CN7CC(F)(F)C7)CC6)nc5c3F)N3C[C@H]5CC[C@H](N5)[C@H]3[C@H](C)O4)c12. The van der Waals surface area contributed by atoms with Crippen molar-refractivity contribution in [2.75, 3.05) is 43.4 Å². The number of pyridine rings is 1. The van der Waals surface area contributed by atoms with Crippen LogP contribution in [0, 0.1) is 23.6 Å². The standard InChI is InChI=1S/C35H34F3N7O2/c1-3-19-5-4-6-20-11-21(39)12-23(25(19)20)28-27(36)29-26-31(45-13-22-7-8-24(40-22)30(45)18(2)47-32(26)41-28)43-33(42-29)46-17-34(9-10-34)14-44-15-35(37,38)16-44/h1,4-6,11-12,18,22,24,30,40H,7-10,13-17,39H2,2H3/t18-,22+,24-,30+/m0/s1. The summed E-state index contributed by atoms with van der Waals surface area (Å²) in [6.45, 7) is 2.97. The molecule has 6 heterocycles. The summed E-state index contributed by atoms with van der Waals surface area (Å²) in [5.41, 5.74) is 7.58. The van der Waals surface area contributed by atoms with Crippen molar-refractivity contribution in [3.63, 3.8) is 0 Å². The summed E-state index contributed by atoms with van der Waals surface area (Å²) in [6, 6.07) is 9.38. The third-order valence-electron chi connectivity index (χ3n) is 10.6. The van der Waals surface area contributed by atoms with Crippen molar-refractivity contribution in [1.29, 1.82) is 0 Å². The van der Waals surface area contributed by atoms with Crippen molar-refractivity contribution in [2.45, 2.75) is 62.8 Å². The number of piperazine rings is 1. The van der Waals surface area contributed by atoms with Crippen LogP contribution in [0.3, 0.4) is 0 Å². The number of nitrogens with one attached hydrogen (secondary N) is 1. The zero-order valence-electron chi connectivity index (χ0n) is 25.9. The highest BCUT2D eigenvalue weighted by Gasteiger charge is 2.52. The Balaban J connectivity index is 1.20. The van der Waals surface area contributed by atoms with Crippen molar-refractivity contribution >= 4 is 33.2 Å². The number of anilines is 2. The lowest BCUT2D eigenvalue weighted by atomic mass is 9.96. The molecule has 1 aliphatic carbocycles. The first kappa shape index (κ1) is 28.8. The number of halogens is 3. The predicted octanol–water partition coefficient (Wildman–Crippen LogP) is 4.75. The monoisotopic (exact) mass is 641 g/mol. The van der Waals surface area contributed by atoms with E-state index in [0.29, 0.717) is 46.5 Å². The molecular weight excluding hydrogens is 607 g/mol. The molecule has 9 rings (SSSR count). The summed E-state index contributed by atoms with van der Waals surface area (Å²) in [5.74, 6) is 0.192. The van der Waals surface area contributed by atoms with Gasteiger partial charge in [-0.25, -0.2) is 18.2 Å². The molecule has 3 N–H and O–H groups in total. The molecule has 12 heteroatoms. The van der Waals surface area contributed by atoms with Gasteiger partial charge in [0.15, 0.2) is 5.82 Å². The van der Waals surface area contributed by atoms with Crippen LogP contribution in [0.2, 0.25) is 0 Å². The molecular formula is C35H34F3N7O2. The first-order chi connectivity index (χ1) is 22.6. The van der Waals surface area contributed by atoms with Crippen LogP contribution in [0.15, 0.2) is 30.3 Å². The molecule has 0 unspecified atom stereocenters. The summed E-state index contributed by atoms with van der Waals surface area (Å²) in [4.78, 5) is 18.4. The van der Waals surface area contributed by atoms with Gasteiger partial charge in [-0.3, -0.25) is 4.90 Å². The average molecular weight is 642 g/mol. The van der Waals surface area contributed by atoms with Gasteiger partial charge in [-0.05, 0) is 56.2 Å². The number of nitrogen functional groups attached to an aromatic ring is 1. The van der Waals surface area contributed by atoms with E-state index in [2.05, 4.69) is 21.1 Å². The number of alkyl halides is 2. The summed E-state index contributed by atoms with van der Waals surface area (Å²) in [7, 11) is 0. The lowest BCUT2D eigenvalue weighted by Gasteiger charge is -2.42. The smallest absolute Gasteiger partial charge is 0.319 e. The lowest BCUT2D eigenvalue weighted by molar-refractivity contribution is -0.137. The second-order valence-electron chi connectivity index (χ2n) is 14.1. The molecule has 2 aromatic heterocycles. The van der Waals surface area contributed by atoms with Gasteiger partial charge in [0.2, 0.25) is 5.88 Å². The number of benzene rings is 2. The summed E-state index contributed by atoms with van der Waals surface area (Å²) in [5, 5.41) is 5.52. The third-order valence-corrected chi connectivity index (χ3v) is 10.6. The fraction of sp³-hybridized carbons (Fsp3) is 0.457. The van der Waals surface area contributed by atoms with E-state index < -0.39 is 11.7 Å². The van der Waals surface area contributed by atoms with E-state index >= 15 is 4.39 Å². The van der Waals surface area contributed by atoms with Crippen molar-refractivity contribution in [1.82, 2.24) is 25.2 Å². The first-order valence-electron chi connectivity index (χ1n) is 16.2. The topological polar surface area (TPSA) is 102 Å². The van der Waals surface area contributed by atoms with Gasteiger partial charge in [0.1, 0.15) is 28.5 Å². The summed E-state index contributed by atoms with van der Waals surface area (Å²) in [6.07, 6.45) is 9.32. The highest BCUT2D eigenvalue weighted by molar-refractivity contribution is 6.04. The maximum atomic E-state index is 17.1. The highest BCUT2D eigenvalue weighted by atomic mass is 19.3.